The molecule has 0 saturated heterocycles. The second kappa shape index (κ2) is 5.09. The predicted molar refractivity (Wildman–Crippen MR) is 76.3 cm³/mol. The average Bonchev–Trinajstić information content (AvgIpc) is 2.67. The van der Waals surface area contributed by atoms with Gasteiger partial charge in [-0.25, -0.2) is 0 Å². The third-order valence-corrected chi connectivity index (χ3v) is 5.48. The van der Waals surface area contributed by atoms with Crippen molar-refractivity contribution in [2.24, 2.45) is 0 Å². The maximum absolute atomic E-state index is 6.11. The van der Waals surface area contributed by atoms with E-state index in [1.807, 2.05) is 30.5 Å². The van der Waals surface area contributed by atoms with Crippen molar-refractivity contribution in [2.75, 3.05) is 0 Å². The van der Waals surface area contributed by atoms with Crippen LogP contribution in [0.2, 0.25) is 10.0 Å². The first-order valence-corrected chi connectivity index (χ1v) is 7.27. The van der Waals surface area contributed by atoms with Gasteiger partial charge in [-0.2, -0.15) is 0 Å². The quantitative estimate of drug-likeness (QED) is 0.604. The lowest BCUT2D eigenvalue weighted by Gasteiger charge is -2.10. The molecule has 1 aromatic carbocycles. The van der Waals surface area contributed by atoms with Crippen molar-refractivity contribution in [1.82, 2.24) is 0 Å². The molecule has 1 atom stereocenters. The molecule has 1 heterocycles. The monoisotopic (exact) mass is 334 g/mol. The van der Waals surface area contributed by atoms with Crippen molar-refractivity contribution in [2.45, 2.75) is 11.8 Å². The topological polar surface area (TPSA) is 0 Å². The smallest absolute Gasteiger partial charge is 0.0753 e. The lowest BCUT2D eigenvalue weighted by molar-refractivity contribution is 1.22. The van der Waals surface area contributed by atoms with E-state index in [4.69, 9.17) is 23.2 Å². The van der Waals surface area contributed by atoms with Gasteiger partial charge in [0.1, 0.15) is 0 Å². The SMILES string of the molecule is Cc1ccc(C(Br)c2sccc2Cl)cc1Cl. The molecule has 1 aromatic heterocycles. The van der Waals surface area contributed by atoms with Crippen molar-refractivity contribution < 1.29 is 0 Å². The van der Waals surface area contributed by atoms with Crippen molar-refractivity contribution in [3.05, 3.63) is 55.7 Å². The zero-order valence-electron chi connectivity index (χ0n) is 8.51. The van der Waals surface area contributed by atoms with Gasteiger partial charge in [0.2, 0.25) is 0 Å². The highest BCUT2D eigenvalue weighted by Crippen LogP contribution is 2.39. The van der Waals surface area contributed by atoms with Crippen molar-refractivity contribution in [3.63, 3.8) is 0 Å². The fourth-order valence-electron chi connectivity index (χ4n) is 1.40. The summed E-state index contributed by atoms with van der Waals surface area (Å²) in [6.45, 7) is 1.99. The van der Waals surface area contributed by atoms with Gasteiger partial charge < -0.3 is 0 Å². The largest absolute Gasteiger partial charge is 0.146 e. The van der Waals surface area contributed by atoms with Crippen LogP contribution < -0.4 is 0 Å². The summed E-state index contributed by atoms with van der Waals surface area (Å²) < 4.78 is 0. The molecule has 0 bridgehead atoms. The van der Waals surface area contributed by atoms with Crippen molar-refractivity contribution >= 4 is 50.5 Å². The Hall–Kier alpha value is -0.0200. The van der Waals surface area contributed by atoms with Gasteiger partial charge in [0.15, 0.2) is 0 Å². The molecule has 2 aromatic rings. The molecule has 0 nitrogen and oxygen atoms in total. The normalized spacial score (nSPS) is 12.8. The molecule has 0 amide bonds. The zero-order chi connectivity index (χ0) is 11.7. The van der Waals surface area contributed by atoms with E-state index in [1.165, 1.54) is 0 Å². The molecule has 0 aliphatic rings. The highest BCUT2D eigenvalue weighted by Gasteiger charge is 2.15. The highest BCUT2D eigenvalue weighted by molar-refractivity contribution is 9.09. The molecular formula is C12H9BrCl2S. The molecule has 4 heteroatoms. The van der Waals surface area contributed by atoms with Gasteiger partial charge in [-0.1, -0.05) is 51.3 Å². The molecule has 2 rings (SSSR count). The molecule has 1 unspecified atom stereocenters. The Morgan fingerprint density at radius 3 is 2.50 bits per heavy atom. The van der Waals surface area contributed by atoms with Crippen LogP contribution in [0.3, 0.4) is 0 Å². The number of aryl methyl sites for hydroxylation is 1. The number of hydrogen-bond acceptors (Lipinski definition) is 1. The lowest BCUT2D eigenvalue weighted by Crippen LogP contribution is -1.91. The van der Waals surface area contributed by atoms with Crippen LogP contribution >= 0.6 is 50.5 Å². The van der Waals surface area contributed by atoms with Crippen LogP contribution in [0.4, 0.5) is 0 Å². The highest BCUT2D eigenvalue weighted by atomic mass is 79.9. The van der Waals surface area contributed by atoms with E-state index in [2.05, 4.69) is 22.0 Å². The van der Waals surface area contributed by atoms with Crippen LogP contribution in [0.25, 0.3) is 0 Å². The first kappa shape index (κ1) is 12.4. The molecule has 0 saturated carbocycles. The average molecular weight is 336 g/mol. The summed E-state index contributed by atoms with van der Waals surface area (Å²) in [7, 11) is 0. The van der Waals surface area contributed by atoms with Gasteiger partial charge >= 0.3 is 0 Å². The summed E-state index contributed by atoms with van der Waals surface area (Å²) in [5, 5.41) is 3.57. The minimum atomic E-state index is 0.109. The van der Waals surface area contributed by atoms with Gasteiger partial charge in [0, 0.05) is 9.90 Å². The second-order valence-electron chi connectivity index (χ2n) is 3.50. The van der Waals surface area contributed by atoms with Gasteiger partial charge in [-0.3, -0.25) is 0 Å². The summed E-state index contributed by atoms with van der Waals surface area (Å²) in [4.78, 5) is 1.22. The van der Waals surface area contributed by atoms with Crippen LogP contribution in [0, 0.1) is 6.92 Å². The van der Waals surface area contributed by atoms with E-state index < -0.39 is 0 Å². The molecule has 0 aliphatic carbocycles. The van der Waals surface area contributed by atoms with Crippen LogP contribution in [0.15, 0.2) is 29.6 Å². The van der Waals surface area contributed by atoms with Gasteiger partial charge in [0.25, 0.3) is 0 Å². The summed E-state index contributed by atoms with van der Waals surface area (Å²) in [6, 6.07) is 7.97. The van der Waals surface area contributed by atoms with Crippen LogP contribution in [-0.2, 0) is 0 Å². The second-order valence-corrected chi connectivity index (χ2v) is 6.18. The Morgan fingerprint density at radius 1 is 1.19 bits per heavy atom. The minimum absolute atomic E-state index is 0.109. The Morgan fingerprint density at radius 2 is 1.94 bits per heavy atom. The predicted octanol–water partition coefficient (Wildman–Crippen LogP) is 5.85. The number of rotatable bonds is 2. The van der Waals surface area contributed by atoms with E-state index in [1.54, 1.807) is 11.3 Å². The zero-order valence-corrected chi connectivity index (χ0v) is 12.4. The van der Waals surface area contributed by atoms with E-state index in [9.17, 15) is 0 Å². The van der Waals surface area contributed by atoms with Crippen LogP contribution in [0.5, 0.6) is 0 Å². The van der Waals surface area contributed by atoms with Crippen molar-refractivity contribution in [3.8, 4) is 0 Å². The maximum atomic E-state index is 6.11. The summed E-state index contributed by atoms with van der Waals surface area (Å²) in [6.07, 6.45) is 0. The van der Waals surface area contributed by atoms with E-state index in [-0.39, 0.29) is 4.83 Å². The van der Waals surface area contributed by atoms with Crippen molar-refractivity contribution in [1.29, 1.82) is 0 Å². The van der Waals surface area contributed by atoms with Gasteiger partial charge in [-0.05, 0) is 35.6 Å². The molecule has 0 spiro atoms. The fraction of sp³-hybridized carbons (Fsp3) is 0.167. The first-order valence-electron chi connectivity index (χ1n) is 4.72. The molecule has 16 heavy (non-hydrogen) atoms. The Labute approximate surface area is 117 Å². The number of thiophene rings is 1. The molecule has 0 N–H and O–H groups in total. The summed E-state index contributed by atoms with van der Waals surface area (Å²) in [5.74, 6) is 0. The van der Waals surface area contributed by atoms with Gasteiger partial charge in [0.05, 0.1) is 9.85 Å². The Kier molecular flexibility index (Phi) is 3.96. The standard InChI is InChI=1S/C12H9BrCl2S/c1-7-2-3-8(6-10(7)15)11(13)12-9(14)4-5-16-12/h2-6,11H,1H3. The summed E-state index contributed by atoms with van der Waals surface area (Å²) >= 11 is 17.5. The van der Waals surface area contributed by atoms with Gasteiger partial charge in [-0.15, -0.1) is 11.3 Å². The Balaban J connectivity index is 2.38. The molecule has 84 valence electrons. The maximum Gasteiger partial charge on any atom is 0.0753 e. The van der Waals surface area contributed by atoms with Crippen LogP contribution in [-0.4, -0.2) is 0 Å². The number of hydrogen-bond donors (Lipinski definition) is 0. The first-order chi connectivity index (χ1) is 7.59. The van der Waals surface area contributed by atoms with Crippen LogP contribution in [0.1, 0.15) is 20.8 Å². The third kappa shape index (κ3) is 2.45. The molecule has 0 aliphatic heterocycles. The third-order valence-electron chi connectivity index (χ3n) is 2.36. The molecule has 0 radical (unpaired) electrons. The number of benzene rings is 1. The summed E-state index contributed by atoms with van der Waals surface area (Å²) in [5.41, 5.74) is 2.21. The molecule has 0 fully saturated rings. The van der Waals surface area contributed by atoms with E-state index >= 15 is 0 Å². The lowest BCUT2D eigenvalue weighted by atomic mass is 10.1. The Bertz CT molecular complexity index is 507. The van der Waals surface area contributed by atoms with E-state index in [0.717, 1.165) is 26.0 Å². The fourth-order valence-corrected chi connectivity index (χ4v) is 3.75. The minimum Gasteiger partial charge on any atom is -0.146 e. The van der Waals surface area contributed by atoms with E-state index in [0.29, 0.717) is 0 Å². The number of alkyl halides is 1. The molecular weight excluding hydrogens is 327 g/mol. The number of halogens is 3.